The molecule has 1 aromatic carbocycles. The van der Waals surface area contributed by atoms with Gasteiger partial charge in [-0.1, -0.05) is 24.6 Å². The van der Waals surface area contributed by atoms with Gasteiger partial charge < -0.3 is 10.2 Å². The molecule has 0 saturated heterocycles. The lowest BCUT2D eigenvalue weighted by atomic mass is 10.1. The highest BCUT2D eigenvalue weighted by molar-refractivity contribution is 6.33. The van der Waals surface area contributed by atoms with Gasteiger partial charge in [-0.2, -0.15) is 0 Å². The van der Waals surface area contributed by atoms with Crippen LogP contribution in [0.4, 0.5) is 5.69 Å². The van der Waals surface area contributed by atoms with Gasteiger partial charge in [0.05, 0.1) is 10.7 Å². The van der Waals surface area contributed by atoms with Gasteiger partial charge in [0.1, 0.15) is 0 Å². The summed E-state index contributed by atoms with van der Waals surface area (Å²) in [5, 5.41) is 4.18. The summed E-state index contributed by atoms with van der Waals surface area (Å²) < 4.78 is 0. The Labute approximate surface area is 115 Å². The predicted molar refractivity (Wildman–Crippen MR) is 79.4 cm³/mol. The number of nitrogens with zero attached hydrogens (tertiary/aromatic N) is 1. The fourth-order valence-electron chi connectivity index (χ4n) is 2.33. The molecule has 1 aromatic rings. The summed E-state index contributed by atoms with van der Waals surface area (Å²) in [6.07, 6.45) is 2.73. The summed E-state index contributed by atoms with van der Waals surface area (Å²) >= 11 is 6.40. The minimum atomic E-state index is 0.585. The molecule has 1 aliphatic rings. The van der Waals surface area contributed by atoms with Gasteiger partial charge in [-0.3, -0.25) is 0 Å². The van der Waals surface area contributed by atoms with Gasteiger partial charge in [0, 0.05) is 19.6 Å². The molecule has 0 bridgehead atoms. The molecule has 1 saturated carbocycles. The first-order valence-corrected chi connectivity index (χ1v) is 7.23. The third kappa shape index (κ3) is 3.18. The average molecular weight is 267 g/mol. The van der Waals surface area contributed by atoms with E-state index in [0.717, 1.165) is 29.7 Å². The first-order chi connectivity index (χ1) is 8.63. The van der Waals surface area contributed by atoms with Gasteiger partial charge in [-0.15, -0.1) is 0 Å². The molecule has 100 valence electrons. The van der Waals surface area contributed by atoms with Gasteiger partial charge in [0.2, 0.25) is 0 Å². The zero-order valence-corrected chi connectivity index (χ0v) is 12.3. The van der Waals surface area contributed by atoms with Crippen LogP contribution in [0.15, 0.2) is 18.2 Å². The predicted octanol–water partition coefficient (Wildman–Crippen LogP) is 3.68. The molecule has 0 heterocycles. The SMILES string of the molecule is CCNCc1ccc(N(C)C(C)C2CC2)c(Cl)c1. The summed E-state index contributed by atoms with van der Waals surface area (Å²) in [4.78, 5) is 2.32. The first kappa shape index (κ1) is 13.7. The average Bonchev–Trinajstić information content (AvgIpc) is 3.19. The Morgan fingerprint density at radius 2 is 2.17 bits per heavy atom. The van der Waals surface area contributed by atoms with Gasteiger partial charge in [-0.25, -0.2) is 0 Å². The van der Waals surface area contributed by atoms with E-state index in [1.54, 1.807) is 0 Å². The molecule has 2 rings (SSSR count). The third-order valence-corrected chi connectivity index (χ3v) is 4.19. The molecule has 3 heteroatoms. The number of nitrogens with one attached hydrogen (secondary N) is 1. The zero-order chi connectivity index (χ0) is 13.1. The van der Waals surface area contributed by atoms with Crippen LogP contribution in [0, 0.1) is 5.92 Å². The van der Waals surface area contributed by atoms with Crippen LogP contribution in [-0.4, -0.2) is 19.6 Å². The Morgan fingerprint density at radius 1 is 1.44 bits per heavy atom. The maximum atomic E-state index is 6.40. The molecule has 1 fully saturated rings. The minimum absolute atomic E-state index is 0.585. The zero-order valence-electron chi connectivity index (χ0n) is 11.5. The van der Waals surface area contributed by atoms with Crippen LogP contribution >= 0.6 is 11.6 Å². The normalized spacial score (nSPS) is 16.7. The van der Waals surface area contributed by atoms with E-state index in [1.807, 2.05) is 0 Å². The highest BCUT2D eigenvalue weighted by Crippen LogP contribution is 2.38. The lowest BCUT2D eigenvalue weighted by Gasteiger charge is -2.28. The fourth-order valence-corrected chi connectivity index (χ4v) is 2.67. The third-order valence-electron chi connectivity index (χ3n) is 3.89. The Kier molecular flexibility index (Phi) is 4.52. The summed E-state index contributed by atoms with van der Waals surface area (Å²) in [6.45, 7) is 6.28. The highest BCUT2D eigenvalue weighted by Gasteiger charge is 2.31. The van der Waals surface area contributed by atoms with Crippen LogP contribution in [0.25, 0.3) is 0 Å². The maximum absolute atomic E-state index is 6.40. The Hall–Kier alpha value is -0.730. The molecule has 1 aliphatic carbocycles. The molecular weight excluding hydrogens is 244 g/mol. The van der Waals surface area contributed by atoms with Gasteiger partial charge in [0.15, 0.2) is 0 Å². The topological polar surface area (TPSA) is 15.3 Å². The van der Waals surface area contributed by atoms with Crippen molar-refractivity contribution in [1.82, 2.24) is 5.32 Å². The maximum Gasteiger partial charge on any atom is 0.0642 e. The van der Waals surface area contributed by atoms with E-state index in [1.165, 1.54) is 18.4 Å². The largest absolute Gasteiger partial charge is 0.370 e. The van der Waals surface area contributed by atoms with Gasteiger partial charge in [0.25, 0.3) is 0 Å². The van der Waals surface area contributed by atoms with Crippen molar-refractivity contribution in [2.24, 2.45) is 5.92 Å². The van der Waals surface area contributed by atoms with Crippen molar-refractivity contribution in [3.05, 3.63) is 28.8 Å². The monoisotopic (exact) mass is 266 g/mol. The summed E-state index contributed by atoms with van der Waals surface area (Å²) in [5.74, 6) is 0.854. The van der Waals surface area contributed by atoms with Crippen molar-refractivity contribution >= 4 is 17.3 Å². The summed E-state index contributed by atoms with van der Waals surface area (Å²) in [7, 11) is 2.15. The minimum Gasteiger partial charge on any atom is -0.370 e. The Bertz CT molecular complexity index is 401. The van der Waals surface area contributed by atoms with Crippen LogP contribution < -0.4 is 10.2 Å². The molecule has 0 spiro atoms. The van der Waals surface area contributed by atoms with Gasteiger partial charge >= 0.3 is 0 Å². The van der Waals surface area contributed by atoms with Crippen LogP contribution in [0.3, 0.4) is 0 Å². The second-order valence-corrected chi connectivity index (χ2v) is 5.66. The van der Waals surface area contributed by atoms with E-state index in [9.17, 15) is 0 Å². The molecule has 1 atom stereocenters. The van der Waals surface area contributed by atoms with Crippen LogP contribution in [0.5, 0.6) is 0 Å². The molecule has 0 amide bonds. The van der Waals surface area contributed by atoms with E-state index in [2.05, 4.69) is 49.3 Å². The lowest BCUT2D eigenvalue weighted by Crippen LogP contribution is -2.30. The fraction of sp³-hybridized carbons (Fsp3) is 0.600. The molecular formula is C15H23ClN2. The lowest BCUT2D eigenvalue weighted by molar-refractivity contribution is 0.609. The van der Waals surface area contributed by atoms with Crippen molar-refractivity contribution in [2.75, 3.05) is 18.5 Å². The standard InChI is InChI=1S/C15H23ClN2/c1-4-17-10-12-5-8-15(14(16)9-12)18(3)11(2)13-6-7-13/h5,8-9,11,13,17H,4,6-7,10H2,1-3H3. The van der Waals surface area contributed by atoms with E-state index in [4.69, 9.17) is 11.6 Å². The number of hydrogen-bond donors (Lipinski definition) is 1. The second-order valence-electron chi connectivity index (χ2n) is 5.26. The van der Waals surface area contributed by atoms with Crippen LogP contribution in [0.2, 0.25) is 5.02 Å². The number of hydrogen-bond acceptors (Lipinski definition) is 2. The van der Waals surface area contributed by atoms with Crippen LogP contribution in [0.1, 0.15) is 32.3 Å². The molecule has 0 radical (unpaired) electrons. The van der Waals surface area contributed by atoms with Crippen molar-refractivity contribution in [2.45, 2.75) is 39.3 Å². The van der Waals surface area contributed by atoms with Crippen molar-refractivity contribution in [3.8, 4) is 0 Å². The molecule has 0 aliphatic heterocycles. The quantitative estimate of drug-likeness (QED) is 0.845. The second kappa shape index (κ2) is 5.94. The number of anilines is 1. The van der Waals surface area contributed by atoms with Crippen molar-refractivity contribution < 1.29 is 0 Å². The van der Waals surface area contributed by atoms with Crippen molar-refractivity contribution in [1.29, 1.82) is 0 Å². The smallest absolute Gasteiger partial charge is 0.0642 e. The van der Waals surface area contributed by atoms with Gasteiger partial charge in [-0.05, 0) is 49.9 Å². The van der Waals surface area contributed by atoms with E-state index < -0.39 is 0 Å². The van der Waals surface area contributed by atoms with Crippen molar-refractivity contribution in [3.63, 3.8) is 0 Å². The van der Waals surface area contributed by atoms with E-state index in [0.29, 0.717) is 6.04 Å². The van der Waals surface area contributed by atoms with E-state index >= 15 is 0 Å². The Morgan fingerprint density at radius 3 is 2.72 bits per heavy atom. The number of rotatable bonds is 6. The molecule has 1 unspecified atom stereocenters. The Balaban J connectivity index is 2.08. The molecule has 2 nitrogen and oxygen atoms in total. The summed E-state index contributed by atoms with van der Waals surface area (Å²) in [6, 6.07) is 6.98. The number of halogens is 1. The molecule has 0 aromatic heterocycles. The summed E-state index contributed by atoms with van der Waals surface area (Å²) in [5.41, 5.74) is 2.40. The van der Waals surface area contributed by atoms with E-state index in [-0.39, 0.29) is 0 Å². The molecule has 18 heavy (non-hydrogen) atoms. The first-order valence-electron chi connectivity index (χ1n) is 6.85. The molecule has 1 N–H and O–H groups in total. The highest BCUT2D eigenvalue weighted by atomic mass is 35.5. The number of benzene rings is 1. The van der Waals surface area contributed by atoms with Crippen LogP contribution in [-0.2, 0) is 6.54 Å².